The van der Waals surface area contributed by atoms with Crippen LogP contribution in [0.15, 0.2) is 200 Å². The minimum absolute atomic E-state index is 0.577. The van der Waals surface area contributed by atoms with Crippen molar-refractivity contribution in [2.45, 2.75) is 0 Å². The molecule has 0 saturated heterocycles. The van der Waals surface area contributed by atoms with Gasteiger partial charge in [-0.1, -0.05) is 133 Å². The number of hydrogen-bond donors (Lipinski definition) is 0. The summed E-state index contributed by atoms with van der Waals surface area (Å²) < 4.78 is 6.77. The molecule has 9 nitrogen and oxygen atoms in total. The predicted molar refractivity (Wildman–Crippen MR) is 253 cm³/mol. The van der Waals surface area contributed by atoms with Crippen molar-refractivity contribution >= 4 is 65.5 Å². The van der Waals surface area contributed by atoms with Crippen molar-refractivity contribution in [2.75, 3.05) is 0 Å². The molecule has 0 unspecified atom stereocenters. The van der Waals surface area contributed by atoms with Crippen LogP contribution in [0.4, 0.5) is 0 Å². The zero-order chi connectivity index (χ0) is 41.4. The van der Waals surface area contributed by atoms with E-state index < -0.39 is 0 Å². The van der Waals surface area contributed by atoms with Crippen molar-refractivity contribution in [3.05, 3.63) is 200 Å². The van der Waals surface area contributed by atoms with Gasteiger partial charge in [-0.15, -0.1) is 0 Å². The second kappa shape index (κ2) is 13.9. The minimum Gasteiger partial charge on any atom is -0.309 e. The first kappa shape index (κ1) is 35.0. The van der Waals surface area contributed by atoms with E-state index in [0.717, 1.165) is 93.7 Å². The molecule has 0 saturated carbocycles. The molecule has 0 amide bonds. The average molecular weight is 808 g/mol. The highest BCUT2D eigenvalue weighted by atomic mass is 15.2. The van der Waals surface area contributed by atoms with Gasteiger partial charge in [-0.05, 0) is 54.6 Å². The van der Waals surface area contributed by atoms with Crippen LogP contribution < -0.4 is 0 Å². The van der Waals surface area contributed by atoms with Crippen molar-refractivity contribution in [1.29, 1.82) is 0 Å². The maximum Gasteiger partial charge on any atom is 0.236 e. The van der Waals surface area contributed by atoms with Crippen molar-refractivity contribution < 1.29 is 0 Å². The molecule has 0 N–H and O–H groups in total. The lowest BCUT2D eigenvalue weighted by Crippen LogP contribution is -2.05. The fourth-order valence-electron chi connectivity index (χ4n) is 9.32. The maximum atomic E-state index is 5.37. The van der Waals surface area contributed by atoms with E-state index in [0.29, 0.717) is 23.4 Å². The number of aromatic nitrogens is 9. The highest BCUT2D eigenvalue weighted by molar-refractivity contribution is 6.26. The van der Waals surface area contributed by atoms with Crippen LogP contribution >= 0.6 is 0 Å². The van der Waals surface area contributed by atoms with Gasteiger partial charge in [0.25, 0.3) is 0 Å². The number of hydrogen-bond acceptors (Lipinski definition) is 6. The van der Waals surface area contributed by atoms with Gasteiger partial charge in [-0.3, -0.25) is 14.1 Å². The summed E-state index contributed by atoms with van der Waals surface area (Å²) in [6, 6.07) is 64.7. The Morgan fingerprint density at radius 3 is 1.65 bits per heavy atom. The molecule has 0 aliphatic heterocycles. The standard InChI is InChI=1S/C54H33N9/c1-3-15-34(16-4-1)51-58-52(35-17-5-2-6-18-35)60-53(59-51)36-19-13-20-37(33-36)61-43-25-11-8-22-40(43)48-45(61)29-28-39-38-21-7-10-24-42(38)63(50(39)48)47-30-32-56-54(57-47)62-44-26-12-9-23-41(44)49-46(62)27-14-31-55-49/h1-33H. The second-order valence-electron chi connectivity index (χ2n) is 15.6. The largest absolute Gasteiger partial charge is 0.309 e. The number of rotatable bonds is 6. The number of para-hydroxylation sites is 3. The number of pyridine rings is 1. The third kappa shape index (κ3) is 5.43. The monoisotopic (exact) mass is 807 g/mol. The molecule has 7 aromatic carbocycles. The van der Waals surface area contributed by atoms with Gasteiger partial charge in [0.2, 0.25) is 5.95 Å². The number of fused-ring (bicyclic) bond motifs is 10. The van der Waals surface area contributed by atoms with Crippen LogP contribution in [0.2, 0.25) is 0 Å². The van der Waals surface area contributed by atoms with Crippen molar-refractivity contribution in [3.8, 4) is 51.6 Å². The van der Waals surface area contributed by atoms with Gasteiger partial charge in [-0.2, -0.15) is 4.98 Å². The zero-order valence-corrected chi connectivity index (χ0v) is 33.6. The van der Waals surface area contributed by atoms with E-state index in [1.807, 2.05) is 97.3 Å². The molecule has 6 aromatic heterocycles. The van der Waals surface area contributed by atoms with Crippen LogP contribution in [-0.2, 0) is 0 Å². The Hall–Kier alpha value is -8.82. The average Bonchev–Trinajstić information content (AvgIpc) is 4.00. The Labute approximate surface area is 359 Å². The third-order valence-electron chi connectivity index (χ3n) is 12.0. The lowest BCUT2D eigenvalue weighted by atomic mass is 10.1. The van der Waals surface area contributed by atoms with E-state index in [1.54, 1.807) is 0 Å². The molecule has 0 aliphatic carbocycles. The maximum absolute atomic E-state index is 5.37. The van der Waals surface area contributed by atoms with E-state index in [-0.39, 0.29) is 0 Å². The Morgan fingerprint density at radius 2 is 0.921 bits per heavy atom. The van der Waals surface area contributed by atoms with Gasteiger partial charge >= 0.3 is 0 Å². The summed E-state index contributed by atoms with van der Waals surface area (Å²) in [5.41, 5.74) is 10.9. The van der Waals surface area contributed by atoms with Crippen LogP contribution in [0.5, 0.6) is 0 Å². The van der Waals surface area contributed by atoms with Gasteiger partial charge in [0.05, 0.1) is 38.6 Å². The van der Waals surface area contributed by atoms with Gasteiger partial charge in [0, 0.05) is 61.7 Å². The summed E-state index contributed by atoms with van der Waals surface area (Å²) in [5.74, 6) is 3.20. The van der Waals surface area contributed by atoms with Crippen molar-refractivity contribution in [3.63, 3.8) is 0 Å². The SMILES string of the molecule is c1ccc(-c2nc(-c3ccccc3)nc(-c3cccc(-n4c5ccccc5c5c4ccc4c6ccccc6n(-c6ccnc(-n7c8ccccc8c8ncccc87)n6)c45)c3)n2)cc1. The Morgan fingerprint density at radius 1 is 0.333 bits per heavy atom. The lowest BCUT2D eigenvalue weighted by Gasteiger charge is -2.12. The van der Waals surface area contributed by atoms with E-state index in [9.17, 15) is 0 Å². The minimum atomic E-state index is 0.577. The molecule has 0 bridgehead atoms. The molecule has 6 heterocycles. The molecule has 9 heteroatoms. The molecule has 13 aromatic rings. The third-order valence-corrected chi connectivity index (χ3v) is 12.0. The summed E-state index contributed by atoms with van der Waals surface area (Å²) >= 11 is 0. The first-order valence-corrected chi connectivity index (χ1v) is 20.9. The first-order chi connectivity index (χ1) is 31.3. The summed E-state index contributed by atoms with van der Waals surface area (Å²) in [7, 11) is 0. The molecule has 13 rings (SSSR count). The highest BCUT2D eigenvalue weighted by Gasteiger charge is 2.23. The van der Waals surface area contributed by atoms with E-state index in [1.165, 1.54) is 0 Å². The first-order valence-electron chi connectivity index (χ1n) is 20.9. The van der Waals surface area contributed by atoms with Gasteiger partial charge in [-0.25, -0.2) is 19.9 Å². The molecule has 0 radical (unpaired) electrons. The van der Waals surface area contributed by atoms with Crippen LogP contribution in [0.1, 0.15) is 0 Å². The quantitative estimate of drug-likeness (QED) is 0.166. The molecule has 0 spiro atoms. The highest BCUT2D eigenvalue weighted by Crippen LogP contribution is 2.42. The van der Waals surface area contributed by atoms with Gasteiger partial charge < -0.3 is 4.57 Å². The van der Waals surface area contributed by atoms with Crippen LogP contribution in [-0.4, -0.2) is 43.6 Å². The summed E-state index contributed by atoms with van der Waals surface area (Å²) in [4.78, 5) is 30.1. The van der Waals surface area contributed by atoms with E-state index >= 15 is 0 Å². The lowest BCUT2D eigenvalue weighted by molar-refractivity contribution is 0.949. The number of nitrogens with zero attached hydrogens (tertiary/aromatic N) is 9. The summed E-state index contributed by atoms with van der Waals surface area (Å²) in [6.45, 7) is 0. The Bertz CT molecular complexity index is 3810. The second-order valence-corrected chi connectivity index (χ2v) is 15.6. The Kier molecular flexibility index (Phi) is 7.70. The molecule has 0 atom stereocenters. The summed E-state index contributed by atoms with van der Waals surface area (Å²) in [5, 5.41) is 5.61. The van der Waals surface area contributed by atoms with Crippen molar-refractivity contribution in [1.82, 2.24) is 43.6 Å². The van der Waals surface area contributed by atoms with Crippen LogP contribution in [0.3, 0.4) is 0 Å². The van der Waals surface area contributed by atoms with Crippen LogP contribution in [0.25, 0.3) is 117 Å². The molecule has 0 aliphatic rings. The molecule has 294 valence electrons. The fourth-order valence-corrected chi connectivity index (χ4v) is 9.32. The smallest absolute Gasteiger partial charge is 0.236 e. The zero-order valence-electron chi connectivity index (χ0n) is 33.6. The Balaban J connectivity index is 1.04. The molecular weight excluding hydrogens is 775 g/mol. The molecule has 0 fully saturated rings. The van der Waals surface area contributed by atoms with E-state index in [2.05, 4.69) is 117 Å². The van der Waals surface area contributed by atoms with Crippen LogP contribution in [0, 0.1) is 0 Å². The fraction of sp³-hybridized carbons (Fsp3) is 0. The molecular formula is C54H33N9. The number of benzene rings is 7. The van der Waals surface area contributed by atoms with Gasteiger partial charge in [0.1, 0.15) is 5.82 Å². The van der Waals surface area contributed by atoms with Crippen molar-refractivity contribution in [2.24, 2.45) is 0 Å². The normalized spacial score (nSPS) is 11.8. The summed E-state index contributed by atoms with van der Waals surface area (Å²) in [6.07, 6.45) is 3.70. The van der Waals surface area contributed by atoms with Gasteiger partial charge in [0.15, 0.2) is 17.5 Å². The van der Waals surface area contributed by atoms with E-state index in [4.69, 9.17) is 29.9 Å². The molecule has 63 heavy (non-hydrogen) atoms. The predicted octanol–water partition coefficient (Wildman–Crippen LogP) is 12.3. The topological polar surface area (TPSA) is 92.1 Å².